The Balaban J connectivity index is 1.16. The minimum atomic E-state index is -0.882. The summed E-state index contributed by atoms with van der Waals surface area (Å²) in [6, 6.07) is 31.3. The number of halogens is 1. The molecule has 0 saturated heterocycles. The van der Waals surface area contributed by atoms with Gasteiger partial charge in [-0.1, -0.05) is 72.8 Å². The highest BCUT2D eigenvalue weighted by Gasteiger charge is 2.30. The summed E-state index contributed by atoms with van der Waals surface area (Å²) in [4.78, 5) is 36.0. The number of aryl methyl sites for hydroxylation is 1. The molecule has 2 amide bonds. The minimum Gasteiger partial charge on any atom is -0.479 e. The maximum absolute atomic E-state index is 13.9. The Morgan fingerprint density at radius 1 is 0.980 bits per heavy atom. The first-order valence-corrected chi connectivity index (χ1v) is 16.8. The third-order valence-corrected chi connectivity index (χ3v) is 8.93. The van der Waals surface area contributed by atoms with Gasteiger partial charge >= 0.3 is 6.09 Å². The first-order valence-electron chi connectivity index (χ1n) is 16.8. The molecule has 0 aliphatic carbocycles. The van der Waals surface area contributed by atoms with Crippen LogP contribution in [0.4, 0.5) is 9.18 Å². The Morgan fingerprint density at radius 2 is 1.68 bits per heavy atom. The summed E-state index contributed by atoms with van der Waals surface area (Å²) in [6.45, 7) is 4.84. The number of fused-ring (bicyclic) bond motifs is 3. The van der Waals surface area contributed by atoms with Crippen molar-refractivity contribution in [2.24, 2.45) is 7.05 Å². The second-order valence-corrected chi connectivity index (χ2v) is 13.7. The van der Waals surface area contributed by atoms with Gasteiger partial charge in [0.1, 0.15) is 24.1 Å². The zero-order chi connectivity index (χ0) is 35.0. The summed E-state index contributed by atoms with van der Waals surface area (Å²) in [5, 5.41) is 3.54. The number of benzene rings is 4. The lowest BCUT2D eigenvalue weighted by Gasteiger charge is -2.31. The van der Waals surface area contributed by atoms with Gasteiger partial charge in [-0.3, -0.25) is 4.79 Å². The molecule has 0 unspecified atom stereocenters. The van der Waals surface area contributed by atoms with Crippen LogP contribution in [0.3, 0.4) is 0 Å². The number of carbonyl (C=O) groups excluding carboxylic acids is 2. The highest BCUT2D eigenvalue weighted by atomic mass is 19.1. The average molecular weight is 674 g/mol. The Bertz CT molecular complexity index is 2130. The van der Waals surface area contributed by atoms with Gasteiger partial charge in [-0.25, -0.2) is 14.2 Å². The number of aromatic nitrogens is 3. The van der Waals surface area contributed by atoms with Crippen LogP contribution in [-0.4, -0.2) is 62.8 Å². The molecule has 0 saturated carbocycles. The third kappa shape index (κ3) is 6.65. The van der Waals surface area contributed by atoms with Crippen LogP contribution in [0.25, 0.3) is 33.5 Å². The van der Waals surface area contributed by atoms with E-state index in [1.807, 2.05) is 78.3 Å². The smallest absolute Gasteiger partial charge is 0.408 e. The van der Waals surface area contributed by atoms with E-state index in [4.69, 9.17) is 14.5 Å². The number of aromatic amines is 1. The molecule has 50 heavy (non-hydrogen) atoms. The van der Waals surface area contributed by atoms with E-state index in [0.717, 1.165) is 50.4 Å². The molecule has 9 nitrogen and oxygen atoms in total. The maximum atomic E-state index is 13.9. The lowest BCUT2D eigenvalue weighted by atomic mass is 9.97. The van der Waals surface area contributed by atoms with Crippen molar-refractivity contribution in [2.45, 2.75) is 44.9 Å². The van der Waals surface area contributed by atoms with Crippen LogP contribution in [0.2, 0.25) is 0 Å². The fourth-order valence-corrected chi connectivity index (χ4v) is 6.56. The van der Waals surface area contributed by atoms with E-state index in [1.54, 1.807) is 25.7 Å². The van der Waals surface area contributed by atoms with Crippen molar-refractivity contribution in [2.75, 3.05) is 19.8 Å². The van der Waals surface area contributed by atoms with Gasteiger partial charge < -0.3 is 29.2 Å². The molecule has 4 aromatic carbocycles. The molecular formula is C40H40FN5O4. The molecule has 6 aromatic rings. The van der Waals surface area contributed by atoms with E-state index in [0.29, 0.717) is 24.0 Å². The topological polar surface area (TPSA) is 101 Å². The van der Waals surface area contributed by atoms with Gasteiger partial charge in [-0.05, 0) is 68.1 Å². The van der Waals surface area contributed by atoms with E-state index >= 15 is 0 Å². The van der Waals surface area contributed by atoms with Gasteiger partial charge in [-0.15, -0.1) is 0 Å². The van der Waals surface area contributed by atoms with Crippen LogP contribution in [-0.2, 0) is 18.2 Å². The summed E-state index contributed by atoms with van der Waals surface area (Å²) < 4.78 is 28.0. The van der Waals surface area contributed by atoms with Crippen molar-refractivity contribution in [3.05, 3.63) is 119 Å². The zero-order valence-corrected chi connectivity index (χ0v) is 28.6. The van der Waals surface area contributed by atoms with Crippen LogP contribution in [0, 0.1) is 0 Å². The molecule has 2 aromatic heterocycles. The molecule has 3 heterocycles. The largest absolute Gasteiger partial charge is 0.479 e. The van der Waals surface area contributed by atoms with Gasteiger partial charge in [0.2, 0.25) is 0 Å². The number of hydrogen-bond donors (Lipinski definition) is 2. The predicted molar refractivity (Wildman–Crippen MR) is 192 cm³/mol. The van der Waals surface area contributed by atoms with Crippen LogP contribution in [0.1, 0.15) is 53.9 Å². The number of nitrogens with zero attached hydrogens (tertiary/aromatic N) is 3. The van der Waals surface area contributed by atoms with Crippen molar-refractivity contribution in [3.63, 3.8) is 0 Å². The van der Waals surface area contributed by atoms with Crippen molar-refractivity contribution in [3.8, 4) is 17.3 Å². The Labute approximate surface area is 290 Å². The van der Waals surface area contributed by atoms with Gasteiger partial charge in [0, 0.05) is 31.1 Å². The van der Waals surface area contributed by atoms with Crippen LogP contribution >= 0.6 is 0 Å². The Kier molecular flexibility index (Phi) is 8.78. The molecule has 1 atom stereocenters. The highest BCUT2D eigenvalue weighted by molar-refractivity contribution is 6.01. The van der Waals surface area contributed by atoms with Crippen molar-refractivity contribution < 1.29 is 23.5 Å². The predicted octanol–water partition coefficient (Wildman–Crippen LogP) is 7.75. The van der Waals surface area contributed by atoms with E-state index in [1.165, 1.54) is 0 Å². The van der Waals surface area contributed by atoms with Gasteiger partial charge in [0.25, 0.3) is 5.91 Å². The minimum absolute atomic E-state index is 0.0361. The van der Waals surface area contributed by atoms with Crippen LogP contribution in [0.15, 0.2) is 97.1 Å². The molecule has 0 spiro atoms. The maximum Gasteiger partial charge on any atom is 0.408 e. The number of alkyl carbamates (subject to hydrolysis) is 1. The SMILES string of the molecule is Cn1c(-c2cc3cccc(OC(c4ccccc4)c4ccccc4)c3[nH]2)nc2cc3c(cc21)CCN(C[C@@H](CF)NC(=O)OC(C)(C)C)C3=O. The number of para-hydroxylation sites is 1. The number of carbonyl (C=O) groups is 2. The first kappa shape index (κ1) is 32.9. The zero-order valence-electron chi connectivity index (χ0n) is 28.6. The molecule has 0 bridgehead atoms. The second-order valence-electron chi connectivity index (χ2n) is 13.7. The molecule has 0 fully saturated rings. The summed E-state index contributed by atoms with van der Waals surface area (Å²) in [6.07, 6.45) is -0.419. The molecule has 1 aliphatic rings. The Morgan fingerprint density at radius 3 is 2.34 bits per heavy atom. The standard InChI is InChI=1S/C40H40FN5O4/c1-40(2,3)50-39(48)42-29(23-41)24-46-19-18-27-21-33-31(22-30(27)38(46)47)44-37(45(33)4)32-20-28-16-11-17-34(35(28)43-32)49-36(25-12-7-5-8-13-25)26-14-9-6-10-15-26/h5-17,20-22,29,36,43H,18-19,23-24H2,1-4H3,(H,42,48)/t29-/m1/s1. The highest BCUT2D eigenvalue weighted by Crippen LogP contribution is 2.36. The summed E-state index contributed by atoms with van der Waals surface area (Å²) in [5.74, 6) is 1.22. The molecule has 7 rings (SSSR count). The monoisotopic (exact) mass is 673 g/mol. The summed E-state index contributed by atoms with van der Waals surface area (Å²) >= 11 is 0. The van der Waals surface area contributed by atoms with E-state index in [2.05, 4.69) is 40.6 Å². The average Bonchev–Trinajstić information content (AvgIpc) is 3.68. The first-order chi connectivity index (χ1) is 24.1. The number of rotatable bonds is 9. The number of hydrogen-bond acceptors (Lipinski definition) is 5. The number of nitrogens with one attached hydrogen (secondary N) is 2. The fraction of sp³-hybridized carbons (Fsp3) is 0.275. The van der Waals surface area contributed by atoms with Gasteiger partial charge in [-0.2, -0.15) is 0 Å². The molecular weight excluding hydrogens is 633 g/mol. The number of H-pyrrole nitrogens is 1. The number of imidazole rings is 1. The van der Waals surface area contributed by atoms with Crippen LogP contribution in [0.5, 0.6) is 5.75 Å². The fourth-order valence-electron chi connectivity index (χ4n) is 6.56. The molecule has 1 aliphatic heterocycles. The molecule has 2 N–H and O–H groups in total. The van der Waals surface area contributed by atoms with E-state index < -0.39 is 24.4 Å². The summed E-state index contributed by atoms with van der Waals surface area (Å²) in [5.41, 5.74) is 6.08. The van der Waals surface area contributed by atoms with Crippen molar-refractivity contribution in [1.29, 1.82) is 0 Å². The quantitative estimate of drug-likeness (QED) is 0.164. The second kappa shape index (κ2) is 13.3. The number of ether oxygens (including phenoxy) is 2. The Hall–Kier alpha value is -5.64. The van der Waals surface area contributed by atoms with Gasteiger partial charge in [0.05, 0.1) is 28.3 Å². The van der Waals surface area contributed by atoms with Crippen LogP contribution < -0.4 is 10.1 Å². The van der Waals surface area contributed by atoms with E-state index in [9.17, 15) is 14.0 Å². The normalized spacial score (nSPS) is 13.9. The lowest BCUT2D eigenvalue weighted by molar-refractivity contribution is 0.0466. The molecule has 256 valence electrons. The van der Waals surface area contributed by atoms with Gasteiger partial charge in [0.15, 0.2) is 5.82 Å². The van der Waals surface area contributed by atoms with Crippen molar-refractivity contribution >= 4 is 33.9 Å². The number of alkyl halides is 1. The molecule has 0 radical (unpaired) electrons. The summed E-state index contributed by atoms with van der Waals surface area (Å²) in [7, 11) is 1.96. The third-order valence-electron chi connectivity index (χ3n) is 8.93. The number of amides is 2. The molecule has 10 heteroatoms. The van der Waals surface area contributed by atoms with E-state index in [-0.39, 0.29) is 18.6 Å². The van der Waals surface area contributed by atoms with Crippen molar-refractivity contribution in [1.82, 2.24) is 24.8 Å². The lowest BCUT2D eigenvalue weighted by Crippen LogP contribution is -2.50.